The molecule has 0 saturated heterocycles. The highest BCUT2D eigenvalue weighted by atomic mass is 16.4. The summed E-state index contributed by atoms with van der Waals surface area (Å²) in [4.78, 5) is 24.0. The number of nitrogens with zero attached hydrogens (tertiary/aromatic N) is 1. The Morgan fingerprint density at radius 3 is 1.94 bits per heavy atom. The SMILES string of the molecule is C=C(CCCC(=C)C(=O)N(CC)CC)C(=O)O. The second-order valence-electron chi connectivity index (χ2n) is 3.84. The van der Waals surface area contributed by atoms with Crippen LogP contribution in [0.25, 0.3) is 0 Å². The minimum absolute atomic E-state index is 0.0454. The molecule has 4 nitrogen and oxygen atoms in total. The first-order valence-electron chi connectivity index (χ1n) is 5.82. The van der Waals surface area contributed by atoms with Gasteiger partial charge >= 0.3 is 5.97 Å². The van der Waals surface area contributed by atoms with E-state index in [0.717, 1.165) is 0 Å². The number of carbonyl (C=O) groups is 2. The van der Waals surface area contributed by atoms with E-state index in [9.17, 15) is 9.59 Å². The number of aliphatic carboxylic acids is 1. The Morgan fingerprint density at radius 2 is 1.53 bits per heavy atom. The van der Waals surface area contributed by atoms with Gasteiger partial charge in [0.2, 0.25) is 5.91 Å². The van der Waals surface area contributed by atoms with E-state index in [-0.39, 0.29) is 11.5 Å². The second-order valence-corrected chi connectivity index (χ2v) is 3.84. The molecule has 0 heterocycles. The molecular formula is C13H21NO3. The van der Waals surface area contributed by atoms with Crippen LogP contribution in [0.1, 0.15) is 33.1 Å². The zero-order chi connectivity index (χ0) is 13.4. The van der Waals surface area contributed by atoms with E-state index < -0.39 is 5.97 Å². The molecule has 1 amide bonds. The largest absolute Gasteiger partial charge is 0.478 e. The lowest BCUT2D eigenvalue weighted by Gasteiger charge is -2.19. The molecule has 0 spiro atoms. The quantitative estimate of drug-likeness (QED) is 0.661. The van der Waals surface area contributed by atoms with E-state index in [1.54, 1.807) is 4.90 Å². The third-order valence-electron chi connectivity index (χ3n) is 2.61. The lowest BCUT2D eigenvalue weighted by atomic mass is 10.1. The minimum Gasteiger partial charge on any atom is -0.478 e. The molecule has 0 fully saturated rings. The molecule has 0 aliphatic carbocycles. The Kier molecular flexibility index (Phi) is 6.94. The van der Waals surface area contributed by atoms with Crippen molar-refractivity contribution in [1.82, 2.24) is 4.90 Å². The molecule has 0 atom stereocenters. The van der Waals surface area contributed by atoms with Crippen molar-refractivity contribution in [3.63, 3.8) is 0 Å². The highest BCUT2D eigenvalue weighted by molar-refractivity contribution is 5.92. The number of carboxylic acid groups (broad SMARTS) is 1. The van der Waals surface area contributed by atoms with Gasteiger partial charge in [-0.3, -0.25) is 4.79 Å². The van der Waals surface area contributed by atoms with E-state index in [0.29, 0.717) is 37.9 Å². The lowest BCUT2D eigenvalue weighted by Crippen LogP contribution is -2.31. The van der Waals surface area contributed by atoms with Crippen LogP contribution in [0, 0.1) is 0 Å². The highest BCUT2D eigenvalue weighted by Gasteiger charge is 2.13. The van der Waals surface area contributed by atoms with Crippen molar-refractivity contribution in [1.29, 1.82) is 0 Å². The normalized spacial score (nSPS) is 9.76. The van der Waals surface area contributed by atoms with E-state index in [2.05, 4.69) is 13.2 Å². The van der Waals surface area contributed by atoms with Crippen molar-refractivity contribution in [2.75, 3.05) is 13.1 Å². The third kappa shape index (κ3) is 5.33. The van der Waals surface area contributed by atoms with Crippen molar-refractivity contribution < 1.29 is 14.7 Å². The topological polar surface area (TPSA) is 57.6 Å². The number of hydrogen-bond acceptors (Lipinski definition) is 2. The summed E-state index contributed by atoms with van der Waals surface area (Å²) in [5.41, 5.74) is 0.708. The summed E-state index contributed by atoms with van der Waals surface area (Å²) in [6, 6.07) is 0. The smallest absolute Gasteiger partial charge is 0.330 e. The average Bonchev–Trinajstić information content (AvgIpc) is 2.29. The maximum absolute atomic E-state index is 11.8. The third-order valence-corrected chi connectivity index (χ3v) is 2.61. The molecule has 4 heteroatoms. The first-order chi connectivity index (χ1) is 7.93. The van der Waals surface area contributed by atoms with Crippen LogP contribution in [-0.4, -0.2) is 35.0 Å². The Labute approximate surface area is 103 Å². The first kappa shape index (κ1) is 15.4. The monoisotopic (exact) mass is 239 g/mol. The van der Waals surface area contributed by atoms with Gasteiger partial charge in [0.25, 0.3) is 0 Å². The van der Waals surface area contributed by atoms with Crippen LogP contribution in [0.2, 0.25) is 0 Å². The van der Waals surface area contributed by atoms with Crippen molar-refractivity contribution in [2.24, 2.45) is 0 Å². The van der Waals surface area contributed by atoms with Crippen molar-refractivity contribution in [2.45, 2.75) is 33.1 Å². The summed E-state index contributed by atoms with van der Waals surface area (Å²) >= 11 is 0. The molecule has 0 unspecified atom stereocenters. The van der Waals surface area contributed by atoms with Gasteiger partial charge in [-0.1, -0.05) is 13.2 Å². The van der Waals surface area contributed by atoms with E-state index in [4.69, 9.17) is 5.11 Å². The van der Waals surface area contributed by atoms with Gasteiger partial charge in [0.1, 0.15) is 0 Å². The van der Waals surface area contributed by atoms with Crippen molar-refractivity contribution in [3.05, 3.63) is 24.3 Å². The van der Waals surface area contributed by atoms with Gasteiger partial charge in [-0.2, -0.15) is 0 Å². The number of rotatable bonds is 8. The maximum Gasteiger partial charge on any atom is 0.330 e. The molecule has 0 aromatic heterocycles. The van der Waals surface area contributed by atoms with Gasteiger partial charge in [-0.05, 0) is 33.1 Å². The Morgan fingerprint density at radius 1 is 1.06 bits per heavy atom. The van der Waals surface area contributed by atoms with Crippen LogP contribution in [-0.2, 0) is 9.59 Å². The molecule has 96 valence electrons. The highest BCUT2D eigenvalue weighted by Crippen LogP contribution is 2.12. The molecule has 0 aliphatic rings. The second kappa shape index (κ2) is 7.65. The zero-order valence-electron chi connectivity index (χ0n) is 10.7. The summed E-state index contributed by atoms with van der Waals surface area (Å²) in [6.07, 6.45) is 1.50. The van der Waals surface area contributed by atoms with Crippen LogP contribution >= 0.6 is 0 Å². The summed E-state index contributed by atoms with van der Waals surface area (Å²) in [6.45, 7) is 12.3. The first-order valence-corrected chi connectivity index (χ1v) is 5.82. The summed E-state index contributed by atoms with van der Waals surface area (Å²) in [5.74, 6) is -1.03. The summed E-state index contributed by atoms with van der Waals surface area (Å²) in [7, 11) is 0. The van der Waals surface area contributed by atoms with Crippen LogP contribution in [0.5, 0.6) is 0 Å². The fourth-order valence-corrected chi connectivity index (χ4v) is 1.46. The minimum atomic E-state index is -0.981. The van der Waals surface area contributed by atoms with Crippen molar-refractivity contribution >= 4 is 11.9 Å². The molecule has 17 heavy (non-hydrogen) atoms. The fourth-order valence-electron chi connectivity index (χ4n) is 1.46. The zero-order valence-corrected chi connectivity index (χ0v) is 10.7. The van der Waals surface area contributed by atoms with Gasteiger partial charge < -0.3 is 10.0 Å². The van der Waals surface area contributed by atoms with Gasteiger partial charge in [0.05, 0.1) is 0 Å². The fraction of sp³-hybridized carbons (Fsp3) is 0.538. The molecule has 1 N–H and O–H groups in total. The summed E-state index contributed by atoms with van der Waals surface area (Å²) in [5, 5.41) is 8.62. The standard InChI is InChI=1S/C13H21NO3/c1-5-14(6-2)12(15)10(3)8-7-9-11(4)13(16)17/h3-9H2,1-2H3,(H,16,17). The van der Waals surface area contributed by atoms with Crippen LogP contribution < -0.4 is 0 Å². The molecule has 0 aromatic carbocycles. The van der Waals surface area contributed by atoms with Crippen molar-refractivity contribution in [3.8, 4) is 0 Å². The van der Waals surface area contributed by atoms with Crippen LogP contribution in [0.4, 0.5) is 0 Å². The van der Waals surface area contributed by atoms with Gasteiger partial charge in [-0.25, -0.2) is 4.79 Å². The molecular weight excluding hydrogens is 218 g/mol. The van der Waals surface area contributed by atoms with Crippen LogP contribution in [0.15, 0.2) is 24.3 Å². The number of carboxylic acids is 1. The number of carbonyl (C=O) groups excluding carboxylic acids is 1. The number of amides is 1. The van der Waals surface area contributed by atoms with Crippen LogP contribution in [0.3, 0.4) is 0 Å². The van der Waals surface area contributed by atoms with E-state index >= 15 is 0 Å². The number of hydrogen-bond donors (Lipinski definition) is 1. The molecule has 0 aliphatic heterocycles. The van der Waals surface area contributed by atoms with E-state index in [1.165, 1.54) is 0 Å². The predicted octanol–water partition coefficient (Wildman–Crippen LogP) is 2.22. The Hall–Kier alpha value is -1.58. The lowest BCUT2D eigenvalue weighted by molar-refractivity contribution is -0.132. The average molecular weight is 239 g/mol. The number of likely N-dealkylation sites (N-methyl/N-ethyl adjacent to an activating group) is 1. The van der Waals surface area contributed by atoms with Gasteiger partial charge in [0.15, 0.2) is 0 Å². The Balaban J connectivity index is 4.06. The predicted molar refractivity (Wildman–Crippen MR) is 67.7 cm³/mol. The molecule has 0 radical (unpaired) electrons. The van der Waals surface area contributed by atoms with Gasteiger partial charge in [-0.15, -0.1) is 0 Å². The summed E-state index contributed by atoms with van der Waals surface area (Å²) < 4.78 is 0. The van der Waals surface area contributed by atoms with Gasteiger partial charge in [0, 0.05) is 24.2 Å². The Bertz CT molecular complexity index is 317. The molecule has 0 bridgehead atoms. The molecule has 0 saturated carbocycles. The maximum atomic E-state index is 11.8. The molecule has 0 rings (SSSR count). The van der Waals surface area contributed by atoms with E-state index in [1.807, 2.05) is 13.8 Å². The molecule has 0 aromatic rings.